The zero-order valence-corrected chi connectivity index (χ0v) is 11.7. The normalized spacial score (nSPS) is 17.6. The van der Waals surface area contributed by atoms with Crippen molar-refractivity contribution in [1.82, 2.24) is 9.80 Å². The number of rotatable bonds is 4. The summed E-state index contributed by atoms with van der Waals surface area (Å²) in [5.41, 5.74) is 2.80. The second-order valence-electron chi connectivity index (χ2n) is 5.22. The lowest BCUT2D eigenvalue weighted by Crippen LogP contribution is -2.44. The summed E-state index contributed by atoms with van der Waals surface area (Å²) in [5.74, 6) is -0.846. The van der Waals surface area contributed by atoms with E-state index in [0.29, 0.717) is 5.56 Å². The summed E-state index contributed by atoms with van der Waals surface area (Å²) in [5, 5.41) is 9.03. The van der Waals surface area contributed by atoms with E-state index in [-0.39, 0.29) is 0 Å². The molecule has 1 saturated heterocycles. The number of carboxylic acids is 1. The first-order valence-corrected chi connectivity index (χ1v) is 6.86. The summed E-state index contributed by atoms with van der Waals surface area (Å²) in [6.45, 7) is 7.38. The van der Waals surface area contributed by atoms with Crippen molar-refractivity contribution in [2.24, 2.45) is 0 Å². The van der Waals surface area contributed by atoms with Gasteiger partial charge in [-0.1, -0.05) is 13.0 Å². The topological polar surface area (TPSA) is 43.8 Å². The third kappa shape index (κ3) is 3.55. The number of likely N-dealkylation sites (N-methyl/N-ethyl adjacent to an activating group) is 1. The van der Waals surface area contributed by atoms with E-state index >= 15 is 0 Å². The molecule has 4 nitrogen and oxygen atoms in total. The zero-order valence-electron chi connectivity index (χ0n) is 11.7. The molecule has 0 aromatic heterocycles. The minimum Gasteiger partial charge on any atom is -0.478 e. The van der Waals surface area contributed by atoms with E-state index in [1.165, 1.54) is 5.56 Å². The Morgan fingerprint density at radius 3 is 2.47 bits per heavy atom. The van der Waals surface area contributed by atoms with E-state index in [1.807, 2.05) is 12.1 Å². The Kier molecular flexibility index (Phi) is 4.56. The van der Waals surface area contributed by atoms with Gasteiger partial charge in [0.05, 0.1) is 5.56 Å². The van der Waals surface area contributed by atoms with Gasteiger partial charge in [-0.15, -0.1) is 0 Å². The second kappa shape index (κ2) is 6.17. The molecule has 0 bridgehead atoms. The van der Waals surface area contributed by atoms with Crippen molar-refractivity contribution >= 4 is 5.97 Å². The van der Waals surface area contributed by atoms with Gasteiger partial charge in [-0.25, -0.2) is 4.79 Å². The first-order chi connectivity index (χ1) is 9.10. The predicted molar refractivity (Wildman–Crippen MR) is 75.6 cm³/mol. The number of aryl methyl sites for hydroxylation is 1. The van der Waals surface area contributed by atoms with Crippen LogP contribution in [0.15, 0.2) is 18.2 Å². The average Bonchev–Trinajstić information content (AvgIpc) is 2.41. The first kappa shape index (κ1) is 14.0. The van der Waals surface area contributed by atoms with Crippen LogP contribution in [-0.2, 0) is 13.0 Å². The minimum atomic E-state index is -0.846. The molecule has 104 valence electrons. The van der Waals surface area contributed by atoms with E-state index in [0.717, 1.165) is 44.7 Å². The molecule has 0 aliphatic carbocycles. The van der Waals surface area contributed by atoms with E-state index in [9.17, 15) is 4.79 Å². The number of carbonyl (C=O) groups is 1. The fourth-order valence-corrected chi connectivity index (χ4v) is 2.49. The van der Waals surface area contributed by atoms with Crippen LogP contribution in [-0.4, -0.2) is 54.1 Å². The SMILES string of the molecule is CCc1cc(C(=O)O)ccc1CN1CCN(C)CC1. The lowest BCUT2D eigenvalue weighted by Gasteiger charge is -2.32. The fraction of sp³-hybridized carbons (Fsp3) is 0.533. The number of aromatic carboxylic acids is 1. The maximum absolute atomic E-state index is 11.0. The van der Waals surface area contributed by atoms with Crippen molar-refractivity contribution in [2.75, 3.05) is 33.2 Å². The van der Waals surface area contributed by atoms with E-state index < -0.39 is 5.97 Å². The highest BCUT2D eigenvalue weighted by atomic mass is 16.4. The van der Waals surface area contributed by atoms with Gasteiger partial charge < -0.3 is 10.0 Å². The van der Waals surface area contributed by atoms with E-state index in [2.05, 4.69) is 23.8 Å². The Balaban J connectivity index is 2.09. The maximum Gasteiger partial charge on any atom is 0.335 e. The largest absolute Gasteiger partial charge is 0.478 e. The minimum absolute atomic E-state index is 0.388. The molecule has 1 heterocycles. The number of piperazine rings is 1. The molecule has 1 N–H and O–H groups in total. The summed E-state index contributed by atoms with van der Waals surface area (Å²) < 4.78 is 0. The van der Waals surface area contributed by atoms with Gasteiger partial charge in [-0.05, 0) is 36.7 Å². The van der Waals surface area contributed by atoms with Crippen LogP contribution in [0.1, 0.15) is 28.4 Å². The lowest BCUT2D eigenvalue weighted by atomic mass is 10.0. The van der Waals surface area contributed by atoms with Gasteiger partial charge in [0.15, 0.2) is 0 Å². The Bertz CT molecular complexity index is 451. The molecule has 1 aliphatic heterocycles. The molecular weight excluding hydrogens is 240 g/mol. The van der Waals surface area contributed by atoms with Gasteiger partial charge >= 0.3 is 5.97 Å². The standard InChI is InChI=1S/C15H22N2O2/c1-3-12-10-13(15(18)19)4-5-14(12)11-17-8-6-16(2)7-9-17/h4-5,10H,3,6-9,11H2,1-2H3,(H,18,19). The number of hydrogen-bond acceptors (Lipinski definition) is 3. The lowest BCUT2D eigenvalue weighted by molar-refractivity contribution is 0.0696. The summed E-state index contributed by atoms with van der Waals surface area (Å²) in [6, 6.07) is 5.50. The van der Waals surface area contributed by atoms with Gasteiger partial charge in [0.2, 0.25) is 0 Å². The Morgan fingerprint density at radius 2 is 1.89 bits per heavy atom. The van der Waals surface area contributed by atoms with Crippen LogP contribution < -0.4 is 0 Å². The number of carboxylic acid groups (broad SMARTS) is 1. The fourth-order valence-electron chi connectivity index (χ4n) is 2.49. The summed E-state index contributed by atoms with van der Waals surface area (Å²) >= 11 is 0. The number of hydrogen-bond donors (Lipinski definition) is 1. The first-order valence-electron chi connectivity index (χ1n) is 6.86. The van der Waals surface area contributed by atoms with Crippen molar-refractivity contribution in [3.05, 3.63) is 34.9 Å². The smallest absolute Gasteiger partial charge is 0.335 e. The van der Waals surface area contributed by atoms with Crippen molar-refractivity contribution in [3.63, 3.8) is 0 Å². The molecule has 1 aliphatic rings. The van der Waals surface area contributed by atoms with Crippen molar-refractivity contribution in [3.8, 4) is 0 Å². The van der Waals surface area contributed by atoms with Crippen LogP contribution >= 0.6 is 0 Å². The van der Waals surface area contributed by atoms with Gasteiger partial charge in [-0.3, -0.25) is 4.90 Å². The summed E-state index contributed by atoms with van der Waals surface area (Å²) in [4.78, 5) is 15.8. The molecular formula is C15H22N2O2. The van der Waals surface area contributed by atoms with Crippen molar-refractivity contribution in [1.29, 1.82) is 0 Å². The zero-order chi connectivity index (χ0) is 13.8. The molecule has 4 heteroatoms. The molecule has 0 amide bonds. The molecule has 19 heavy (non-hydrogen) atoms. The third-order valence-corrected chi connectivity index (χ3v) is 3.82. The van der Waals surface area contributed by atoms with Crippen molar-refractivity contribution < 1.29 is 9.90 Å². The predicted octanol–water partition coefficient (Wildman–Crippen LogP) is 1.69. The molecule has 2 rings (SSSR count). The highest BCUT2D eigenvalue weighted by Crippen LogP contribution is 2.16. The Hall–Kier alpha value is -1.39. The number of nitrogens with zero attached hydrogens (tertiary/aromatic N) is 2. The van der Waals surface area contributed by atoms with Crippen LogP contribution in [0.2, 0.25) is 0 Å². The monoisotopic (exact) mass is 262 g/mol. The van der Waals surface area contributed by atoms with Crippen molar-refractivity contribution in [2.45, 2.75) is 19.9 Å². The third-order valence-electron chi connectivity index (χ3n) is 3.82. The van der Waals surface area contributed by atoms with Crippen LogP contribution in [0.25, 0.3) is 0 Å². The highest BCUT2D eigenvalue weighted by Gasteiger charge is 2.15. The molecule has 1 aromatic carbocycles. The van der Waals surface area contributed by atoms with Gasteiger partial charge in [0.1, 0.15) is 0 Å². The molecule has 0 spiro atoms. The van der Waals surface area contributed by atoms with Gasteiger partial charge in [0.25, 0.3) is 0 Å². The number of benzene rings is 1. The van der Waals surface area contributed by atoms with Crippen LogP contribution in [0.4, 0.5) is 0 Å². The molecule has 0 unspecified atom stereocenters. The molecule has 1 fully saturated rings. The van der Waals surface area contributed by atoms with Crippen LogP contribution in [0.3, 0.4) is 0 Å². The van der Waals surface area contributed by atoms with E-state index in [4.69, 9.17) is 5.11 Å². The van der Waals surface area contributed by atoms with Crippen LogP contribution in [0.5, 0.6) is 0 Å². The maximum atomic E-state index is 11.0. The molecule has 1 aromatic rings. The van der Waals surface area contributed by atoms with Crippen LogP contribution in [0, 0.1) is 0 Å². The average molecular weight is 262 g/mol. The quantitative estimate of drug-likeness (QED) is 0.897. The Morgan fingerprint density at radius 1 is 1.21 bits per heavy atom. The van der Waals surface area contributed by atoms with Gasteiger partial charge in [-0.2, -0.15) is 0 Å². The molecule has 0 saturated carbocycles. The summed E-state index contributed by atoms with van der Waals surface area (Å²) in [7, 11) is 2.15. The highest BCUT2D eigenvalue weighted by molar-refractivity contribution is 5.87. The Labute approximate surface area is 114 Å². The van der Waals surface area contributed by atoms with Gasteiger partial charge in [0, 0.05) is 32.7 Å². The molecule has 0 atom stereocenters. The molecule has 0 radical (unpaired) electrons. The van der Waals surface area contributed by atoms with E-state index in [1.54, 1.807) is 6.07 Å². The second-order valence-corrected chi connectivity index (χ2v) is 5.22. The summed E-state index contributed by atoms with van der Waals surface area (Å²) in [6.07, 6.45) is 0.879.